The fourth-order valence-corrected chi connectivity index (χ4v) is 2.12. The Morgan fingerprint density at radius 1 is 1.47 bits per heavy atom. The highest BCUT2D eigenvalue weighted by atomic mass is 16.5. The van der Waals surface area contributed by atoms with Crippen molar-refractivity contribution in [3.63, 3.8) is 0 Å². The van der Waals surface area contributed by atoms with Crippen molar-refractivity contribution in [3.8, 4) is 0 Å². The Morgan fingerprint density at radius 2 is 2.35 bits per heavy atom. The van der Waals surface area contributed by atoms with Crippen LogP contribution in [0.3, 0.4) is 0 Å². The summed E-state index contributed by atoms with van der Waals surface area (Å²) >= 11 is 0. The van der Waals surface area contributed by atoms with Crippen molar-refractivity contribution in [2.24, 2.45) is 5.92 Å². The minimum atomic E-state index is 0.264. The molecule has 3 heteroatoms. The molecule has 17 heavy (non-hydrogen) atoms. The van der Waals surface area contributed by atoms with Crippen LogP contribution in [0.1, 0.15) is 44.4 Å². The van der Waals surface area contributed by atoms with Crippen LogP contribution in [0.4, 0.5) is 0 Å². The van der Waals surface area contributed by atoms with Gasteiger partial charge < -0.3 is 14.5 Å². The molecule has 0 spiro atoms. The van der Waals surface area contributed by atoms with Gasteiger partial charge in [0.25, 0.3) is 0 Å². The van der Waals surface area contributed by atoms with Crippen LogP contribution in [0.2, 0.25) is 0 Å². The van der Waals surface area contributed by atoms with E-state index in [9.17, 15) is 0 Å². The van der Waals surface area contributed by atoms with E-state index in [4.69, 9.17) is 9.15 Å². The number of hydrogen-bond acceptors (Lipinski definition) is 3. The van der Waals surface area contributed by atoms with Crippen LogP contribution >= 0.6 is 0 Å². The van der Waals surface area contributed by atoms with Crippen molar-refractivity contribution >= 4 is 0 Å². The second-order valence-electron chi connectivity index (χ2n) is 4.89. The standard InChI is InChI=1S/C14H23NO2/c1-12(14-6-3-9-17-14)15-8-11-16-10-7-13-4-2-5-13/h3,6,9,12-13,15H,2,4-5,7-8,10-11H2,1H3. The summed E-state index contributed by atoms with van der Waals surface area (Å²) in [5.74, 6) is 1.93. The van der Waals surface area contributed by atoms with Gasteiger partial charge in [0.05, 0.1) is 18.9 Å². The quantitative estimate of drug-likeness (QED) is 0.705. The zero-order valence-corrected chi connectivity index (χ0v) is 10.7. The minimum Gasteiger partial charge on any atom is -0.468 e. The highest BCUT2D eigenvalue weighted by molar-refractivity contribution is 5.02. The van der Waals surface area contributed by atoms with Gasteiger partial charge in [-0.05, 0) is 31.4 Å². The fraction of sp³-hybridized carbons (Fsp3) is 0.714. The summed E-state index contributed by atoms with van der Waals surface area (Å²) in [6.45, 7) is 4.69. The maximum absolute atomic E-state index is 5.61. The topological polar surface area (TPSA) is 34.4 Å². The van der Waals surface area contributed by atoms with Gasteiger partial charge in [-0.2, -0.15) is 0 Å². The van der Waals surface area contributed by atoms with E-state index in [1.54, 1.807) is 6.26 Å². The van der Waals surface area contributed by atoms with Crippen LogP contribution in [0.5, 0.6) is 0 Å². The monoisotopic (exact) mass is 237 g/mol. The van der Waals surface area contributed by atoms with E-state index in [2.05, 4.69) is 12.2 Å². The van der Waals surface area contributed by atoms with Crippen molar-refractivity contribution < 1.29 is 9.15 Å². The molecule has 1 aliphatic carbocycles. The SMILES string of the molecule is CC(NCCOCCC1CCC1)c1ccco1. The van der Waals surface area contributed by atoms with Crippen LogP contribution in [-0.4, -0.2) is 19.8 Å². The third-order valence-corrected chi connectivity index (χ3v) is 3.56. The number of ether oxygens (including phenoxy) is 1. The first kappa shape index (κ1) is 12.7. The molecule has 1 atom stereocenters. The third kappa shape index (κ3) is 4.17. The van der Waals surface area contributed by atoms with Gasteiger partial charge in [0.2, 0.25) is 0 Å². The van der Waals surface area contributed by atoms with Crippen LogP contribution in [0, 0.1) is 5.92 Å². The lowest BCUT2D eigenvalue weighted by atomic mass is 9.83. The Balaban J connectivity index is 1.45. The minimum absolute atomic E-state index is 0.264. The number of hydrogen-bond donors (Lipinski definition) is 1. The normalized spacial score (nSPS) is 17.9. The first-order valence-electron chi connectivity index (χ1n) is 6.71. The average Bonchev–Trinajstić information content (AvgIpc) is 2.78. The van der Waals surface area contributed by atoms with E-state index in [0.717, 1.165) is 31.4 Å². The molecule has 0 aliphatic heterocycles. The maximum atomic E-state index is 5.61. The molecule has 0 saturated heterocycles. The Hall–Kier alpha value is -0.800. The maximum Gasteiger partial charge on any atom is 0.120 e. The third-order valence-electron chi connectivity index (χ3n) is 3.56. The zero-order valence-electron chi connectivity index (χ0n) is 10.7. The highest BCUT2D eigenvalue weighted by Gasteiger charge is 2.16. The van der Waals surface area contributed by atoms with Gasteiger partial charge in [0, 0.05) is 13.2 Å². The molecule has 1 fully saturated rings. The molecular formula is C14H23NO2. The molecule has 1 unspecified atom stereocenters. The molecule has 1 N–H and O–H groups in total. The smallest absolute Gasteiger partial charge is 0.120 e. The fourth-order valence-electron chi connectivity index (χ4n) is 2.12. The first-order valence-corrected chi connectivity index (χ1v) is 6.71. The predicted molar refractivity (Wildman–Crippen MR) is 67.9 cm³/mol. The molecule has 1 aliphatic rings. The van der Waals surface area contributed by atoms with Gasteiger partial charge in [0.15, 0.2) is 0 Å². The van der Waals surface area contributed by atoms with Gasteiger partial charge in [-0.25, -0.2) is 0 Å². The molecule has 0 amide bonds. The van der Waals surface area contributed by atoms with E-state index in [0.29, 0.717) is 0 Å². The second kappa shape index (κ2) is 6.82. The Kier molecular flexibility index (Phi) is 5.08. The van der Waals surface area contributed by atoms with E-state index in [-0.39, 0.29) is 6.04 Å². The Morgan fingerprint density at radius 3 is 3.00 bits per heavy atom. The predicted octanol–water partition coefficient (Wildman–Crippen LogP) is 3.14. The van der Waals surface area contributed by atoms with Gasteiger partial charge in [-0.3, -0.25) is 0 Å². The van der Waals surface area contributed by atoms with E-state index in [1.165, 1.54) is 25.7 Å². The summed E-state index contributed by atoms with van der Waals surface area (Å²) in [7, 11) is 0. The van der Waals surface area contributed by atoms with Gasteiger partial charge in [0.1, 0.15) is 5.76 Å². The van der Waals surface area contributed by atoms with Crippen LogP contribution in [-0.2, 0) is 4.74 Å². The van der Waals surface area contributed by atoms with E-state index < -0.39 is 0 Å². The summed E-state index contributed by atoms with van der Waals surface area (Å²) < 4.78 is 10.9. The lowest BCUT2D eigenvalue weighted by Gasteiger charge is -2.24. The molecule has 0 aromatic carbocycles. The van der Waals surface area contributed by atoms with Gasteiger partial charge in [-0.1, -0.05) is 19.3 Å². The molecule has 1 aromatic heterocycles. The molecule has 1 heterocycles. The second-order valence-corrected chi connectivity index (χ2v) is 4.89. The summed E-state index contributed by atoms with van der Waals surface area (Å²) in [5, 5.41) is 3.38. The molecule has 0 radical (unpaired) electrons. The molecular weight excluding hydrogens is 214 g/mol. The van der Waals surface area contributed by atoms with Crippen LogP contribution < -0.4 is 5.32 Å². The van der Waals surface area contributed by atoms with Crippen molar-refractivity contribution in [1.29, 1.82) is 0 Å². The number of nitrogens with one attached hydrogen (secondary N) is 1. The Bertz CT molecular complexity index is 293. The summed E-state index contributed by atoms with van der Waals surface area (Å²) in [5.41, 5.74) is 0. The molecule has 96 valence electrons. The lowest BCUT2D eigenvalue weighted by Crippen LogP contribution is -2.23. The molecule has 0 bridgehead atoms. The largest absolute Gasteiger partial charge is 0.468 e. The van der Waals surface area contributed by atoms with E-state index >= 15 is 0 Å². The number of rotatable bonds is 8. The summed E-state index contributed by atoms with van der Waals surface area (Å²) in [6.07, 6.45) is 7.21. The molecule has 2 rings (SSSR count). The van der Waals surface area contributed by atoms with Crippen molar-refractivity contribution in [3.05, 3.63) is 24.2 Å². The van der Waals surface area contributed by atoms with Crippen molar-refractivity contribution in [2.75, 3.05) is 19.8 Å². The molecule has 1 aromatic rings. The highest BCUT2D eigenvalue weighted by Crippen LogP contribution is 2.28. The summed E-state index contributed by atoms with van der Waals surface area (Å²) in [4.78, 5) is 0. The molecule has 3 nitrogen and oxygen atoms in total. The average molecular weight is 237 g/mol. The zero-order chi connectivity index (χ0) is 11.9. The van der Waals surface area contributed by atoms with Gasteiger partial charge in [-0.15, -0.1) is 0 Å². The number of furan rings is 1. The van der Waals surface area contributed by atoms with Crippen LogP contribution in [0.15, 0.2) is 22.8 Å². The van der Waals surface area contributed by atoms with Gasteiger partial charge >= 0.3 is 0 Å². The molecule has 1 saturated carbocycles. The first-order chi connectivity index (χ1) is 8.36. The lowest BCUT2D eigenvalue weighted by molar-refractivity contribution is 0.106. The van der Waals surface area contributed by atoms with Crippen LogP contribution in [0.25, 0.3) is 0 Å². The van der Waals surface area contributed by atoms with Crippen molar-refractivity contribution in [1.82, 2.24) is 5.32 Å². The van der Waals surface area contributed by atoms with Crippen molar-refractivity contribution in [2.45, 2.75) is 38.6 Å². The Labute approximate surface area is 104 Å². The van der Waals surface area contributed by atoms with E-state index in [1.807, 2.05) is 12.1 Å². The summed E-state index contributed by atoms with van der Waals surface area (Å²) in [6, 6.07) is 4.18.